The van der Waals surface area contributed by atoms with E-state index in [2.05, 4.69) is 5.32 Å². The summed E-state index contributed by atoms with van der Waals surface area (Å²) in [5.41, 5.74) is 4.17. The lowest BCUT2D eigenvalue weighted by Gasteiger charge is -2.31. The van der Waals surface area contributed by atoms with Crippen molar-refractivity contribution < 1.29 is 17.9 Å². The molecule has 1 N–H and O–H groups in total. The Labute approximate surface area is 180 Å². The minimum Gasteiger partial charge on any atom is -0.496 e. The number of hydrogen-bond acceptors (Lipinski definition) is 4. The highest BCUT2D eigenvalue weighted by molar-refractivity contribution is 7.92. The summed E-state index contributed by atoms with van der Waals surface area (Å²) in [6.45, 7) is 9.28. The molecule has 0 bridgehead atoms. The van der Waals surface area contributed by atoms with Crippen LogP contribution < -0.4 is 14.4 Å². The third-order valence-corrected chi connectivity index (χ3v) is 6.46. The zero-order valence-corrected chi connectivity index (χ0v) is 19.6. The van der Waals surface area contributed by atoms with Crippen molar-refractivity contribution in [3.63, 3.8) is 0 Å². The van der Waals surface area contributed by atoms with E-state index in [-0.39, 0.29) is 11.9 Å². The maximum absolute atomic E-state index is 13.1. The van der Waals surface area contributed by atoms with Crippen LogP contribution in [-0.2, 0) is 14.8 Å². The number of nitrogens with zero attached hydrogens (tertiary/aromatic N) is 1. The predicted molar refractivity (Wildman–Crippen MR) is 122 cm³/mol. The highest BCUT2D eigenvalue weighted by Gasteiger charge is 2.31. The molecule has 0 fully saturated rings. The maximum Gasteiger partial charge on any atom is 0.244 e. The second-order valence-corrected chi connectivity index (χ2v) is 9.58. The molecular weight excluding hydrogens is 400 g/mol. The monoisotopic (exact) mass is 432 g/mol. The van der Waals surface area contributed by atoms with Gasteiger partial charge in [-0.15, -0.1) is 0 Å². The lowest BCUT2D eigenvalue weighted by Crippen LogP contribution is -2.48. The molecule has 0 spiro atoms. The van der Waals surface area contributed by atoms with Gasteiger partial charge in [-0.1, -0.05) is 31.2 Å². The third-order valence-electron chi connectivity index (χ3n) is 5.24. The number of rotatable bonds is 8. The number of ether oxygens (including phenoxy) is 1. The normalized spacial score (nSPS) is 13.4. The second kappa shape index (κ2) is 9.51. The number of nitrogens with one attached hydrogen (secondary N) is 1. The maximum atomic E-state index is 13.1. The van der Waals surface area contributed by atoms with Crippen LogP contribution in [0.15, 0.2) is 36.4 Å². The Kier molecular flexibility index (Phi) is 7.53. The molecule has 0 saturated heterocycles. The average molecular weight is 433 g/mol. The first-order valence-corrected chi connectivity index (χ1v) is 11.9. The Morgan fingerprint density at radius 1 is 1.10 bits per heavy atom. The molecule has 164 valence electrons. The van der Waals surface area contributed by atoms with Crippen molar-refractivity contribution in [2.24, 2.45) is 0 Å². The van der Waals surface area contributed by atoms with E-state index < -0.39 is 16.1 Å². The van der Waals surface area contributed by atoms with Crippen molar-refractivity contribution >= 4 is 21.6 Å². The number of aryl methyl sites for hydroxylation is 3. The van der Waals surface area contributed by atoms with Gasteiger partial charge in [0.1, 0.15) is 11.8 Å². The Bertz CT molecular complexity index is 1020. The fourth-order valence-corrected chi connectivity index (χ4v) is 4.79. The SMILES string of the molecule is CC[C@@H](NC(=O)[C@@H](C)N(c1cc(C)ccc1C)S(C)(=O)=O)c1ccc(OC)c(C)c1. The zero-order valence-electron chi connectivity index (χ0n) is 18.8. The molecule has 0 aliphatic heterocycles. The molecule has 2 atom stereocenters. The van der Waals surface area contributed by atoms with Gasteiger partial charge in [0, 0.05) is 0 Å². The molecule has 6 nitrogen and oxygen atoms in total. The number of hydrogen-bond donors (Lipinski definition) is 1. The van der Waals surface area contributed by atoms with E-state index in [1.807, 2.05) is 58.0 Å². The molecule has 30 heavy (non-hydrogen) atoms. The number of methoxy groups -OCH3 is 1. The lowest BCUT2D eigenvalue weighted by molar-refractivity contribution is -0.122. The first-order valence-electron chi connectivity index (χ1n) is 10.0. The van der Waals surface area contributed by atoms with E-state index >= 15 is 0 Å². The summed E-state index contributed by atoms with van der Waals surface area (Å²) in [6.07, 6.45) is 1.80. The fourth-order valence-electron chi connectivity index (χ4n) is 3.57. The third kappa shape index (κ3) is 5.33. The Hall–Kier alpha value is -2.54. The van der Waals surface area contributed by atoms with Gasteiger partial charge in [0.25, 0.3) is 0 Å². The fraction of sp³-hybridized carbons (Fsp3) is 0.435. The van der Waals surface area contributed by atoms with Gasteiger partial charge < -0.3 is 10.1 Å². The van der Waals surface area contributed by atoms with Crippen LogP contribution in [0.3, 0.4) is 0 Å². The van der Waals surface area contributed by atoms with Crippen molar-refractivity contribution in [3.8, 4) is 5.75 Å². The number of benzene rings is 2. The van der Waals surface area contributed by atoms with Crippen LogP contribution in [0, 0.1) is 20.8 Å². The number of carbonyl (C=O) groups excluding carboxylic acids is 1. The van der Waals surface area contributed by atoms with E-state index in [4.69, 9.17) is 4.74 Å². The highest BCUT2D eigenvalue weighted by atomic mass is 32.2. The van der Waals surface area contributed by atoms with Gasteiger partial charge in [-0.25, -0.2) is 8.42 Å². The smallest absolute Gasteiger partial charge is 0.244 e. The van der Waals surface area contributed by atoms with Crippen LogP contribution >= 0.6 is 0 Å². The van der Waals surface area contributed by atoms with E-state index in [1.54, 1.807) is 20.1 Å². The molecule has 2 rings (SSSR count). The van der Waals surface area contributed by atoms with Gasteiger partial charge >= 0.3 is 0 Å². The van der Waals surface area contributed by atoms with Crippen LogP contribution in [0.5, 0.6) is 5.75 Å². The van der Waals surface area contributed by atoms with E-state index in [1.165, 1.54) is 4.31 Å². The van der Waals surface area contributed by atoms with Gasteiger partial charge in [0.15, 0.2) is 0 Å². The first kappa shape index (κ1) is 23.7. The van der Waals surface area contributed by atoms with Crippen LogP contribution in [0.1, 0.15) is 48.6 Å². The molecule has 0 unspecified atom stereocenters. The summed E-state index contributed by atoms with van der Waals surface area (Å²) in [4.78, 5) is 13.1. The van der Waals surface area contributed by atoms with Crippen LogP contribution in [0.2, 0.25) is 0 Å². The highest BCUT2D eigenvalue weighted by Crippen LogP contribution is 2.28. The Morgan fingerprint density at radius 2 is 1.77 bits per heavy atom. The summed E-state index contributed by atoms with van der Waals surface area (Å²) in [6, 6.07) is 10.2. The van der Waals surface area contributed by atoms with Crippen molar-refractivity contribution in [2.75, 3.05) is 17.7 Å². The van der Waals surface area contributed by atoms with Gasteiger partial charge in [-0.3, -0.25) is 9.10 Å². The molecule has 0 aromatic heterocycles. The number of carbonyl (C=O) groups is 1. The summed E-state index contributed by atoms with van der Waals surface area (Å²) < 4.78 is 31.7. The van der Waals surface area contributed by atoms with Crippen molar-refractivity contribution in [1.29, 1.82) is 0 Å². The van der Waals surface area contributed by atoms with Crippen molar-refractivity contribution in [2.45, 2.75) is 53.1 Å². The van der Waals surface area contributed by atoms with E-state index in [0.717, 1.165) is 34.3 Å². The van der Waals surface area contributed by atoms with Gasteiger partial charge in [0.05, 0.1) is 25.1 Å². The molecule has 7 heteroatoms. The lowest BCUT2D eigenvalue weighted by atomic mass is 10.0. The quantitative estimate of drug-likeness (QED) is 0.683. The van der Waals surface area contributed by atoms with Gasteiger partial charge in [-0.2, -0.15) is 0 Å². The number of anilines is 1. The molecule has 0 saturated carbocycles. The molecule has 2 aromatic rings. The molecule has 0 aliphatic rings. The first-order chi connectivity index (χ1) is 14.0. The average Bonchev–Trinajstić information content (AvgIpc) is 2.67. The molecule has 0 radical (unpaired) electrons. The van der Waals surface area contributed by atoms with E-state index in [9.17, 15) is 13.2 Å². The summed E-state index contributed by atoms with van der Waals surface area (Å²) in [7, 11) is -2.05. The van der Waals surface area contributed by atoms with Crippen LogP contribution in [0.4, 0.5) is 5.69 Å². The molecule has 2 aromatic carbocycles. The van der Waals surface area contributed by atoms with Crippen LogP contribution in [-0.4, -0.2) is 33.7 Å². The standard InChI is InChI=1S/C23H32N2O4S/c1-8-20(19-11-12-22(29-6)17(4)14-19)24-23(26)18(5)25(30(7,27)28)21-13-15(2)9-10-16(21)3/h9-14,18,20H,8H2,1-7H3,(H,24,26)/t18-,20-/m1/s1. The number of amides is 1. The topological polar surface area (TPSA) is 75.7 Å². The zero-order chi connectivity index (χ0) is 22.6. The largest absolute Gasteiger partial charge is 0.496 e. The minimum atomic E-state index is -3.67. The number of sulfonamides is 1. The predicted octanol–water partition coefficient (Wildman–Crippen LogP) is 4.04. The van der Waals surface area contributed by atoms with Crippen molar-refractivity contribution in [1.82, 2.24) is 5.32 Å². The minimum absolute atomic E-state index is 0.232. The summed E-state index contributed by atoms with van der Waals surface area (Å²) in [5.74, 6) is 0.438. The molecule has 0 heterocycles. The summed E-state index contributed by atoms with van der Waals surface area (Å²) >= 11 is 0. The van der Waals surface area contributed by atoms with Crippen LogP contribution in [0.25, 0.3) is 0 Å². The Morgan fingerprint density at radius 3 is 2.30 bits per heavy atom. The van der Waals surface area contributed by atoms with E-state index in [0.29, 0.717) is 12.1 Å². The summed E-state index contributed by atoms with van der Waals surface area (Å²) in [5, 5.41) is 3.02. The van der Waals surface area contributed by atoms with Gasteiger partial charge in [0.2, 0.25) is 15.9 Å². The van der Waals surface area contributed by atoms with Gasteiger partial charge in [-0.05, 0) is 68.5 Å². The molecular formula is C23H32N2O4S. The molecule has 1 amide bonds. The van der Waals surface area contributed by atoms with Crippen molar-refractivity contribution in [3.05, 3.63) is 58.7 Å². The molecule has 0 aliphatic carbocycles. The second-order valence-electron chi connectivity index (χ2n) is 7.72. The Balaban J connectivity index is 2.34.